The maximum Gasteiger partial charge on any atom is 0.338 e. The molecule has 6 nitrogen and oxygen atoms in total. The minimum atomic E-state index is -0.571. The van der Waals surface area contributed by atoms with Crippen LogP contribution < -0.4 is 5.32 Å². The molecule has 5 aliphatic rings. The minimum Gasteiger partial charge on any atom is -0.466 e. The normalized spacial score (nSPS) is 41.8. The number of ether oxygens (including phenoxy) is 2. The Kier molecular flexibility index (Phi) is 2.94. The van der Waals surface area contributed by atoms with Crippen molar-refractivity contribution < 1.29 is 19.4 Å². The number of carbonyl (C=O) groups excluding carboxylic acids is 1. The molecule has 0 amide bonds. The van der Waals surface area contributed by atoms with Crippen molar-refractivity contribution in [2.45, 2.75) is 49.5 Å². The number of nitrogens with one attached hydrogen (secondary N) is 1. The largest absolute Gasteiger partial charge is 0.466 e. The van der Waals surface area contributed by atoms with Gasteiger partial charge in [0.2, 0.25) is 0 Å². The molecule has 6 atom stereocenters. The Morgan fingerprint density at radius 1 is 1.41 bits per heavy atom. The second kappa shape index (κ2) is 4.93. The van der Waals surface area contributed by atoms with Crippen LogP contribution in [-0.2, 0) is 19.7 Å². The Morgan fingerprint density at radius 3 is 3.00 bits per heavy atom. The number of para-hydroxylation sites is 1. The van der Waals surface area contributed by atoms with Crippen LogP contribution in [0.25, 0.3) is 0 Å². The van der Waals surface area contributed by atoms with E-state index >= 15 is 0 Å². The van der Waals surface area contributed by atoms with Crippen molar-refractivity contribution in [3.8, 4) is 0 Å². The highest BCUT2D eigenvalue weighted by Crippen LogP contribution is 2.69. The van der Waals surface area contributed by atoms with Gasteiger partial charge < -0.3 is 19.9 Å². The van der Waals surface area contributed by atoms with Crippen LogP contribution in [0.1, 0.15) is 25.3 Å². The molecule has 27 heavy (non-hydrogen) atoms. The fraction of sp³-hybridized carbons (Fsp3) is 0.571. The molecule has 6 unspecified atom stereocenters. The smallest absolute Gasteiger partial charge is 0.338 e. The van der Waals surface area contributed by atoms with Crippen molar-refractivity contribution in [1.82, 2.24) is 4.90 Å². The number of anilines is 1. The maximum atomic E-state index is 12.9. The molecule has 0 bridgehead atoms. The third-order valence-electron chi connectivity index (χ3n) is 7.86. The second-order valence-corrected chi connectivity index (χ2v) is 8.58. The first kappa shape index (κ1) is 16.1. The zero-order valence-electron chi connectivity index (χ0n) is 15.6. The first-order valence-corrected chi connectivity index (χ1v) is 9.84. The van der Waals surface area contributed by atoms with Crippen LogP contribution in [0.4, 0.5) is 5.69 Å². The third kappa shape index (κ3) is 1.52. The number of carbonyl (C=O) groups is 1. The zero-order valence-corrected chi connectivity index (χ0v) is 15.6. The molecule has 6 rings (SSSR count). The van der Waals surface area contributed by atoms with E-state index in [1.165, 1.54) is 12.7 Å². The van der Waals surface area contributed by atoms with E-state index in [1.54, 1.807) is 0 Å². The van der Waals surface area contributed by atoms with Gasteiger partial charge in [-0.2, -0.15) is 0 Å². The standard InChI is InChI=1S/C21H24N2O4/c1-11(24)21-14-7-9-23-10-8-20(19(21)23)12-5-3-4-6-13(12)22-16(20)15(17(21)27-14)18(25)26-2/h3-6,11,14,17,19,22,24H,7-10H2,1-2H3. The molecular weight excluding hydrogens is 344 g/mol. The summed E-state index contributed by atoms with van der Waals surface area (Å²) < 4.78 is 11.4. The summed E-state index contributed by atoms with van der Waals surface area (Å²) in [5, 5.41) is 14.6. The number of fused-ring (bicyclic) bond motifs is 1. The van der Waals surface area contributed by atoms with Crippen molar-refractivity contribution in [2.24, 2.45) is 5.41 Å². The summed E-state index contributed by atoms with van der Waals surface area (Å²) >= 11 is 0. The first-order valence-electron chi connectivity index (χ1n) is 9.84. The Labute approximate surface area is 158 Å². The molecule has 0 saturated carbocycles. The van der Waals surface area contributed by atoms with Crippen LogP contribution in [0.5, 0.6) is 0 Å². The minimum absolute atomic E-state index is 0.0207. The number of hydrogen-bond donors (Lipinski definition) is 2. The highest BCUT2D eigenvalue weighted by atomic mass is 16.5. The molecule has 1 spiro atoms. The fourth-order valence-electron chi connectivity index (χ4n) is 7.00. The van der Waals surface area contributed by atoms with Gasteiger partial charge in [0.05, 0.1) is 35.7 Å². The fourth-order valence-corrected chi connectivity index (χ4v) is 7.00. The molecule has 0 radical (unpaired) electrons. The van der Waals surface area contributed by atoms with Crippen LogP contribution in [-0.4, -0.2) is 60.5 Å². The lowest BCUT2D eigenvalue weighted by Gasteiger charge is -2.69. The van der Waals surface area contributed by atoms with Gasteiger partial charge in [0.15, 0.2) is 0 Å². The van der Waals surface area contributed by atoms with Gasteiger partial charge in [-0.25, -0.2) is 4.79 Å². The number of nitrogens with zero attached hydrogens (tertiary/aromatic N) is 1. The average Bonchev–Trinajstić information content (AvgIpc) is 3.18. The third-order valence-corrected chi connectivity index (χ3v) is 7.86. The number of hydrogen-bond acceptors (Lipinski definition) is 6. The molecule has 1 aliphatic carbocycles. The van der Waals surface area contributed by atoms with Gasteiger partial charge in [-0.15, -0.1) is 0 Å². The molecule has 142 valence electrons. The van der Waals surface area contributed by atoms with Gasteiger partial charge in [0.25, 0.3) is 0 Å². The van der Waals surface area contributed by atoms with Crippen LogP contribution in [0.15, 0.2) is 35.5 Å². The van der Waals surface area contributed by atoms with Crippen molar-refractivity contribution >= 4 is 11.7 Å². The zero-order chi connectivity index (χ0) is 18.6. The van der Waals surface area contributed by atoms with Crippen LogP contribution in [0.3, 0.4) is 0 Å². The molecule has 1 aromatic carbocycles. The first-order chi connectivity index (χ1) is 13.1. The molecule has 2 N–H and O–H groups in total. The summed E-state index contributed by atoms with van der Waals surface area (Å²) in [6, 6.07) is 8.46. The molecule has 4 heterocycles. The van der Waals surface area contributed by atoms with Crippen molar-refractivity contribution in [3.05, 3.63) is 41.1 Å². The van der Waals surface area contributed by atoms with E-state index in [4.69, 9.17) is 9.47 Å². The van der Waals surface area contributed by atoms with Crippen LogP contribution in [0, 0.1) is 5.41 Å². The predicted molar refractivity (Wildman–Crippen MR) is 98.2 cm³/mol. The number of aliphatic hydroxyl groups is 1. The van der Waals surface area contributed by atoms with Crippen molar-refractivity contribution in [2.75, 3.05) is 25.5 Å². The van der Waals surface area contributed by atoms with Gasteiger partial charge in [-0.1, -0.05) is 18.2 Å². The van der Waals surface area contributed by atoms with E-state index in [0.29, 0.717) is 5.57 Å². The van der Waals surface area contributed by atoms with Gasteiger partial charge in [-0.3, -0.25) is 4.90 Å². The number of benzene rings is 1. The Balaban J connectivity index is 1.70. The Morgan fingerprint density at radius 2 is 2.22 bits per heavy atom. The van der Waals surface area contributed by atoms with Crippen molar-refractivity contribution in [3.63, 3.8) is 0 Å². The van der Waals surface area contributed by atoms with Gasteiger partial charge >= 0.3 is 5.97 Å². The van der Waals surface area contributed by atoms with E-state index in [2.05, 4.69) is 28.4 Å². The number of rotatable bonds is 2. The van der Waals surface area contributed by atoms with E-state index in [1.807, 2.05) is 13.0 Å². The topological polar surface area (TPSA) is 71.0 Å². The van der Waals surface area contributed by atoms with E-state index < -0.39 is 17.6 Å². The number of esters is 1. The SMILES string of the molecule is COC(=O)C1=C2Nc3ccccc3C23CCN2CCC4OC1C4(C(C)O)C23. The summed E-state index contributed by atoms with van der Waals surface area (Å²) in [6.07, 6.45) is 0.814. The van der Waals surface area contributed by atoms with Crippen molar-refractivity contribution in [1.29, 1.82) is 0 Å². The maximum absolute atomic E-state index is 12.9. The summed E-state index contributed by atoms with van der Waals surface area (Å²) in [4.78, 5) is 15.4. The lowest BCUT2D eigenvalue weighted by molar-refractivity contribution is -0.317. The van der Waals surface area contributed by atoms with Gasteiger partial charge in [0.1, 0.15) is 6.10 Å². The Hall–Kier alpha value is -1.89. The highest BCUT2D eigenvalue weighted by Gasteiger charge is 2.78. The molecule has 1 aromatic rings. The molecule has 0 aromatic heterocycles. The van der Waals surface area contributed by atoms with Crippen LogP contribution >= 0.6 is 0 Å². The lowest BCUT2D eigenvalue weighted by Crippen LogP contribution is -2.80. The Bertz CT molecular complexity index is 896. The van der Waals surface area contributed by atoms with Gasteiger partial charge in [0, 0.05) is 24.0 Å². The molecule has 6 heteroatoms. The lowest BCUT2D eigenvalue weighted by atomic mass is 9.48. The number of piperidine rings is 1. The summed E-state index contributed by atoms with van der Waals surface area (Å²) in [5.74, 6) is -0.351. The quantitative estimate of drug-likeness (QED) is 0.769. The monoisotopic (exact) mass is 368 g/mol. The molecule has 4 aliphatic heterocycles. The van der Waals surface area contributed by atoms with Crippen LogP contribution in [0.2, 0.25) is 0 Å². The summed E-state index contributed by atoms with van der Waals surface area (Å²) in [7, 11) is 1.42. The molecule has 3 saturated heterocycles. The predicted octanol–water partition coefficient (Wildman–Crippen LogP) is 1.40. The summed E-state index contributed by atoms with van der Waals surface area (Å²) in [6.45, 7) is 3.81. The molecule has 3 fully saturated rings. The van der Waals surface area contributed by atoms with E-state index in [9.17, 15) is 9.90 Å². The van der Waals surface area contributed by atoms with E-state index in [-0.39, 0.29) is 23.5 Å². The van der Waals surface area contributed by atoms with Gasteiger partial charge in [-0.05, 0) is 37.9 Å². The molecular formula is C21H24N2O4. The number of methoxy groups -OCH3 is 1. The number of aliphatic hydroxyl groups excluding tert-OH is 1. The summed E-state index contributed by atoms with van der Waals surface area (Å²) in [5.41, 5.74) is 3.02. The highest BCUT2D eigenvalue weighted by molar-refractivity contribution is 5.95. The second-order valence-electron chi connectivity index (χ2n) is 8.58. The average molecular weight is 368 g/mol. The van der Waals surface area contributed by atoms with E-state index in [0.717, 1.165) is 37.3 Å².